The van der Waals surface area contributed by atoms with E-state index in [2.05, 4.69) is 4.98 Å². The smallest absolute Gasteiger partial charge is 0.348 e. The minimum absolute atomic E-state index is 0.000988. The van der Waals surface area contributed by atoms with Crippen molar-refractivity contribution in [2.24, 2.45) is 5.92 Å². The molecule has 1 saturated heterocycles. The Bertz CT molecular complexity index is 888. The number of anilines is 1. The number of alkyl halides is 3. The average molecular weight is 407 g/mol. The first-order valence-electron chi connectivity index (χ1n) is 8.18. The summed E-state index contributed by atoms with van der Waals surface area (Å²) in [7, 11) is -1.64. The van der Waals surface area contributed by atoms with Crippen LogP contribution in [0.5, 0.6) is 0 Å². The van der Waals surface area contributed by atoms with Crippen LogP contribution in [0.2, 0.25) is 0 Å². The molecule has 0 amide bonds. The first-order chi connectivity index (χ1) is 12.1. The summed E-state index contributed by atoms with van der Waals surface area (Å²) in [5, 5.41) is 0.589. The van der Waals surface area contributed by atoms with Crippen molar-refractivity contribution in [3.8, 4) is 0 Å². The van der Waals surface area contributed by atoms with E-state index in [1.807, 2.05) is 4.90 Å². The van der Waals surface area contributed by atoms with Gasteiger partial charge in [-0.2, -0.15) is 13.2 Å². The zero-order valence-corrected chi connectivity index (χ0v) is 16.1. The molecule has 0 bridgehead atoms. The highest BCUT2D eigenvalue weighted by atomic mass is 32.2. The molecule has 1 aromatic heterocycles. The summed E-state index contributed by atoms with van der Waals surface area (Å²) < 4.78 is 64.3. The van der Waals surface area contributed by atoms with Crippen molar-refractivity contribution in [1.29, 1.82) is 0 Å². The van der Waals surface area contributed by atoms with E-state index < -0.39 is 21.8 Å². The van der Waals surface area contributed by atoms with Gasteiger partial charge in [-0.3, -0.25) is 0 Å². The molecule has 3 rings (SSSR count). The maximum Gasteiger partial charge on any atom is 0.418 e. The Morgan fingerprint density at radius 2 is 1.96 bits per heavy atom. The summed E-state index contributed by atoms with van der Waals surface area (Å²) in [6.07, 6.45) is -1.68. The van der Waals surface area contributed by atoms with E-state index in [0.717, 1.165) is 18.9 Å². The van der Waals surface area contributed by atoms with Gasteiger partial charge in [-0.15, -0.1) is 0 Å². The zero-order valence-electron chi connectivity index (χ0n) is 14.5. The van der Waals surface area contributed by atoms with Crippen molar-refractivity contribution in [2.45, 2.75) is 19.0 Å². The normalized spacial score (nSPS) is 17.4. The SMILES string of the molecule is CN(CC1CCN(c2nc3c(C(F)(F)F)cccc3s2)CC1)S(C)(=O)=O. The molecule has 0 atom stereocenters. The lowest BCUT2D eigenvalue weighted by atomic mass is 9.97. The lowest BCUT2D eigenvalue weighted by Gasteiger charge is -2.33. The third kappa shape index (κ3) is 4.12. The molecular weight excluding hydrogens is 387 g/mol. The first kappa shape index (κ1) is 19.4. The Morgan fingerprint density at radius 1 is 1.31 bits per heavy atom. The van der Waals surface area contributed by atoms with E-state index >= 15 is 0 Å². The second-order valence-electron chi connectivity index (χ2n) is 6.62. The summed E-state index contributed by atoms with van der Waals surface area (Å²) in [5.74, 6) is 0.242. The molecule has 1 fully saturated rings. The number of nitrogens with zero attached hydrogens (tertiary/aromatic N) is 3. The fourth-order valence-electron chi connectivity index (χ4n) is 3.11. The van der Waals surface area contributed by atoms with Gasteiger partial charge < -0.3 is 4.90 Å². The number of thiazole rings is 1. The molecule has 0 saturated carbocycles. The summed E-state index contributed by atoms with van der Waals surface area (Å²) in [6.45, 7) is 1.78. The zero-order chi connectivity index (χ0) is 19.1. The van der Waals surface area contributed by atoms with Crippen LogP contribution in [-0.2, 0) is 16.2 Å². The van der Waals surface area contributed by atoms with E-state index in [0.29, 0.717) is 29.5 Å². The number of hydrogen-bond donors (Lipinski definition) is 0. The molecule has 0 aliphatic carbocycles. The largest absolute Gasteiger partial charge is 0.418 e. The number of sulfonamides is 1. The molecule has 26 heavy (non-hydrogen) atoms. The molecule has 1 aliphatic heterocycles. The van der Waals surface area contributed by atoms with Gasteiger partial charge in [0.25, 0.3) is 0 Å². The molecule has 2 aromatic rings. The molecule has 144 valence electrons. The highest BCUT2D eigenvalue weighted by Gasteiger charge is 2.34. The number of aromatic nitrogens is 1. The molecule has 0 N–H and O–H groups in total. The van der Waals surface area contributed by atoms with Gasteiger partial charge in [0.05, 0.1) is 22.0 Å². The third-order valence-corrected chi connectivity index (χ3v) is 7.04. The van der Waals surface area contributed by atoms with Crippen LogP contribution in [0.1, 0.15) is 18.4 Å². The van der Waals surface area contributed by atoms with E-state index in [4.69, 9.17) is 0 Å². The minimum Gasteiger partial charge on any atom is -0.348 e. The molecule has 0 radical (unpaired) electrons. The topological polar surface area (TPSA) is 53.5 Å². The van der Waals surface area contributed by atoms with Crippen molar-refractivity contribution in [2.75, 3.05) is 37.8 Å². The van der Waals surface area contributed by atoms with Crippen LogP contribution in [-0.4, -0.2) is 50.6 Å². The van der Waals surface area contributed by atoms with Crippen molar-refractivity contribution in [3.05, 3.63) is 23.8 Å². The third-order valence-electron chi connectivity index (χ3n) is 4.68. The Hall–Kier alpha value is -1.39. The number of hydrogen-bond acceptors (Lipinski definition) is 5. The van der Waals surface area contributed by atoms with Crippen LogP contribution >= 0.6 is 11.3 Å². The monoisotopic (exact) mass is 407 g/mol. The van der Waals surface area contributed by atoms with Crippen molar-refractivity contribution in [1.82, 2.24) is 9.29 Å². The number of benzene rings is 1. The second-order valence-corrected chi connectivity index (χ2v) is 9.72. The molecule has 1 aliphatic rings. The molecule has 5 nitrogen and oxygen atoms in total. The van der Waals surface area contributed by atoms with Gasteiger partial charge in [-0.1, -0.05) is 17.4 Å². The molecule has 0 unspecified atom stereocenters. The van der Waals surface area contributed by atoms with Gasteiger partial charge in [0.2, 0.25) is 10.0 Å². The molecule has 10 heteroatoms. The van der Waals surface area contributed by atoms with Gasteiger partial charge in [-0.25, -0.2) is 17.7 Å². The van der Waals surface area contributed by atoms with Gasteiger partial charge in [0.15, 0.2) is 5.13 Å². The summed E-state index contributed by atoms with van der Waals surface area (Å²) >= 11 is 1.26. The first-order valence-corrected chi connectivity index (χ1v) is 10.8. The molecule has 1 aromatic carbocycles. The van der Waals surface area contributed by atoms with Crippen LogP contribution in [0.25, 0.3) is 10.2 Å². The highest BCUT2D eigenvalue weighted by Crippen LogP contribution is 2.39. The van der Waals surface area contributed by atoms with Crippen molar-refractivity contribution >= 4 is 36.7 Å². The van der Waals surface area contributed by atoms with Crippen LogP contribution in [0.15, 0.2) is 18.2 Å². The van der Waals surface area contributed by atoms with E-state index in [1.54, 1.807) is 13.1 Å². The second kappa shape index (κ2) is 6.97. The predicted molar refractivity (Wildman–Crippen MR) is 97.0 cm³/mol. The molecular formula is C16H20F3N3O2S2. The van der Waals surface area contributed by atoms with E-state index in [9.17, 15) is 21.6 Å². The maximum absolute atomic E-state index is 13.1. The number of para-hydroxylation sites is 1. The van der Waals surface area contributed by atoms with E-state index in [-0.39, 0.29) is 11.4 Å². The van der Waals surface area contributed by atoms with Crippen molar-refractivity contribution < 1.29 is 21.6 Å². The number of fused-ring (bicyclic) bond motifs is 1. The average Bonchev–Trinajstić information content (AvgIpc) is 2.97. The lowest BCUT2D eigenvalue weighted by Crippen LogP contribution is -2.39. The molecule has 2 heterocycles. The maximum atomic E-state index is 13.1. The Balaban J connectivity index is 1.72. The lowest BCUT2D eigenvalue weighted by molar-refractivity contribution is -0.136. The van der Waals surface area contributed by atoms with Gasteiger partial charge in [0, 0.05) is 26.7 Å². The Kier molecular flexibility index (Phi) is 5.19. The summed E-state index contributed by atoms with van der Waals surface area (Å²) in [4.78, 5) is 6.23. The Labute approximate surface area is 154 Å². The van der Waals surface area contributed by atoms with Gasteiger partial charge in [-0.05, 0) is 30.9 Å². The Morgan fingerprint density at radius 3 is 2.54 bits per heavy atom. The minimum atomic E-state index is -4.42. The van der Waals surface area contributed by atoms with Crippen LogP contribution in [0.4, 0.5) is 18.3 Å². The fourth-order valence-corrected chi connectivity index (χ4v) is 4.63. The fraction of sp³-hybridized carbons (Fsp3) is 0.562. The summed E-state index contributed by atoms with van der Waals surface area (Å²) in [5.41, 5.74) is -0.707. The van der Waals surface area contributed by atoms with Crippen molar-refractivity contribution in [3.63, 3.8) is 0 Å². The predicted octanol–water partition coefficient (Wildman–Crippen LogP) is 3.42. The van der Waals surface area contributed by atoms with Gasteiger partial charge in [0.1, 0.15) is 0 Å². The number of piperidine rings is 1. The number of halogens is 3. The quantitative estimate of drug-likeness (QED) is 0.779. The van der Waals surface area contributed by atoms with Crippen LogP contribution < -0.4 is 4.90 Å². The standard InChI is InChI=1S/C16H20F3N3O2S2/c1-21(26(2,23)24)10-11-6-8-22(9-7-11)15-20-14-12(16(17,18)19)4-3-5-13(14)25-15/h3-5,11H,6-10H2,1-2H3. The van der Waals surface area contributed by atoms with Gasteiger partial charge >= 0.3 is 6.18 Å². The summed E-state index contributed by atoms with van der Waals surface area (Å²) in [6, 6.07) is 4.11. The number of rotatable bonds is 4. The van der Waals surface area contributed by atoms with Crippen LogP contribution in [0.3, 0.4) is 0 Å². The van der Waals surface area contributed by atoms with Crippen LogP contribution in [0, 0.1) is 5.92 Å². The highest BCUT2D eigenvalue weighted by molar-refractivity contribution is 7.88. The molecule has 0 spiro atoms. The van der Waals surface area contributed by atoms with E-state index in [1.165, 1.54) is 28.0 Å².